The Labute approximate surface area is 827 Å². The van der Waals surface area contributed by atoms with Gasteiger partial charge in [-0.15, -0.1) is 4.58 Å². The van der Waals surface area contributed by atoms with E-state index in [1.54, 1.807) is 226 Å². The number of rotatable bonds is 32. The average Bonchev–Trinajstić information content (AvgIpc) is 1.59. The minimum absolute atomic E-state index is 0.0157. The van der Waals surface area contributed by atoms with Crippen molar-refractivity contribution in [2.75, 3.05) is 87.0 Å². The number of benzene rings is 9. The van der Waals surface area contributed by atoms with Crippen molar-refractivity contribution < 1.29 is 114 Å². The lowest BCUT2D eigenvalue weighted by atomic mass is 10.0. The number of thiocarbonyl (C=S) groups is 1. The summed E-state index contributed by atoms with van der Waals surface area (Å²) in [5.74, 6) is -0.898. The summed E-state index contributed by atoms with van der Waals surface area (Å²) in [5, 5.41) is 49.1. The normalized spacial score (nSPS) is 13.0. The molecule has 0 saturated carbocycles. The molecule has 36 heteroatoms. The molecular formula is C102H106Cl4N5O24S3+. The molecule has 2 unspecified atom stereocenters. The maximum atomic E-state index is 13.5. The highest BCUT2D eigenvalue weighted by atomic mass is 35.5. The predicted molar refractivity (Wildman–Crippen MR) is 533 cm³/mol. The summed E-state index contributed by atoms with van der Waals surface area (Å²) in [5.41, 5.74) is 10.2. The first-order chi connectivity index (χ1) is 66.0. The summed E-state index contributed by atoms with van der Waals surface area (Å²) in [6.45, 7) is 12.0. The minimum atomic E-state index is -3.89. The van der Waals surface area contributed by atoms with Crippen LogP contribution < -0.4 is 34.1 Å². The third-order valence-electron chi connectivity index (χ3n) is 22.7. The summed E-state index contributed by atoms with van der Waals surface area (Å²) in [6.07, 6.45) is 2.86. The summed E-state index contributed by atoms with van der Waals surface area (Å²) >= 11 is 30.6. The molecule has 1 saturated heterocycles. The quantitative estimate of drug-likeness (QED) is 0.00653. The number of ether oxygens (including phenoxy) is 7. The van der Waals surface area contributed by atoms with E-state index in [1.165, 1.54) is 28.5 Å². The smallest absolute Gasteiger partial charge is 0.420 e. The highest BCUT2D eigenvalue weighted by Crippen LogP contribution is 2.38. The van der Waals surface area contributed by atoms with Gasteiger partial charge in [0, 0.05) is 139 Å². The van der Waals surface area contributed by atoms with E-state index in [4.69, 9.17) is 111 Å². The molecule has 728 valence electrons. The third kappa shape index (κ3) is 27.2. The topological polar surface area (TPSA) is 384 Å². The molecule has 138 heavy (non-hydrogen) atoms. The van der Waals surface area contributed by atoms with Gasteiger partial charge in [0.05, 0.1) is 113 Å². The number of carboxylic acid groups (broad SMARTS) is 2. The molecule has 0 spiro atoms. The predicted octanol–water partition coefficient (Wildman–Crippen LogP) is 16.0. The molecule has 12 aromatic rings. The molecule has 5 heterocycles. The Morgan fingerprint density at radius 3 is 1.37 bits per heavy atom. The number of methoxy groups -OCH3 is 4. The number of thioether (sulfide) groups is 1. The second-order valence-electron chi connectivity index (χ2n) is 31.7. The van der Waals surface area contributed by atoms with Crippen LogP contribution in [0.1, 0.15) is 138 Å². The Bertz CT molecular complexity index is 6730. The number of nitrogens with zero attached hydrogens (tertiary/aromatic N) is 5. The fourth-order valence-corrected chi connectivity index (χ4v) is 18.4. The van der Waals surface area contributed by atoms with Crippen LogP contribution in [0, 0.1) is 34.6 Å². The lowest BCUT2D eigenvalue weighted by Gasteiger charge is -2.23. The van der Waals surface area contributed by atoms with Crippen molar-refractivity contribution in [1.82, 2.24) is 23.2 Å². The van der Waals surface area contributed by atoms with Gasteiger partial charge in [-0.25, -0.2) is 9.59 Å². The first-order valence-corrected chi connectivity index (χ1v) is 48.1. The van der Waals surface area contributed by atoms with E-state index < -0.39 is 40.0 Å². The summed E-state index contributed by atoms with van der Waals surface area (Å²) < 4.78 is 74.2. The number of amides is 1. The molecule has 2 aliphatic rings. The van der Waals surface area contributed by atoms with Crippen LogP contribution in [0.4, 0.5) is 0 Å². The van der Waals surface area contributed by atoms with E-state index in [0.29, 0.717) is 169 Å². The van der Waals surface area contributed by atoms with Gasteiger partial charge >= 0.3 is 35.8 Å². The average molecular weight is 2020 g/mol. The number of carbonyl (C=O) groups excluding carboxylic acids is 7. The molecule has 29 nitrogen and oxygen atoms in total. The Morgan fingerprint density at radius 1 is 0.478 bits per heavy atom. The van der Waals surface area contributed by atoms with Gasteiger partial charge in [0.2, 0.25) is 5.36 Å². The fraction of sp³-hybridized carbons (Fsp3) is 0.304. The summed E-state index contributed by atoms with van der Waals surface area (Å²) in [4.78, 5) is 116. The number of aryl methyl sites for hydroxylation is 2. The van der Waals surface area contributed by atoms with Gasteiger partial charge in [0.15, 0.2) is 6.04 Å². The fourth-order valence-electron chi connectivity index (χ4n) is 15.7. The van der Waals surface area contributed by atoms with Gasteiger partial charge in [-0.05, 0) is 247 Å². The van der Waals surface area contributed by atoms with Crippen LogP contribution in [0.3, 0.4) is 0 Å². The third-order valence-corrected chi connectivity index (χ3v) is 26.6. The minimum Gasteiger partial charge on any atom is -0.497 e. The zero-order chi connectivity index (χ0) is 100. The zero-order valence-electron chi connectivity index (χ0n) is 77.5. The van der Waals surface area contributed by atoms with Crippen LogP contribution >= 0.6 is 70.4 Å². The van der Waals surface area contributed by atoms with Crippen molar-refractivity contribution in [2.24, 2.45) is 0 Å². The molecule has 1 fully saturated rings. The number of halogens is 4. The van der Waals surface area contributed by atoms with Crippen molar-refractivity contribution in [2.45, 2.75) is 123 Å². The van der Waals surface area contributed by atoms with Crippen molar-refractivity contribution in [1.29, 1.82) is 0 Å². The molecule has 2 aliphatic heterocycles. The molecule has 0 aliphatic carbocycles. The molecule has 9 aromatic carbocycles. The Kier molecular flexibility index (Phi) is 39.7. The van der Waals surface area contributed by atoms with Crippen molar-refractivity contribution in [3.8, 4) is 23.0 Å². The van der Waals surface area contributed by atoms with Crippen LogP contribution in [0.2, 0.25) is 20.1 Å². The molecule has 14 rings (SSSR count). The van der Waals surface area contributed by atoms with Crippen LogP contribution in [-0.2, 0) is 71.7 Å². The van der Waals surface area contributed by atoms with Crippen LogP contribution in [0.5, 0.6) is 23.0 Å². The molecular weight excluding hydrogens is 1920 g/mol. The second-order valence-corrected chi connectivity index (χ2v) is 36.8. The SMILES string of the molecule is COc1ccc2c(c1)=C(CC(=O)OCCCSC(=S)N1CCCC1C(=O)O)C(C)[N+]=2C(=O)c1ccc(Cl)cc1.COc1ccc2c(c1)c(CC(=O)O)c(C)n2C(=O)c1ccc(Cl)cc1.COc1ccc2c(c1)c(CC(=O)OCCCO)c(C)n2C(=O)c1ccc(Cl)cc1.COc1ccc2c(c1C)c(CC(=O)OCCCOS(=O)(=O)c1ccc(C)cc1)c(C)n2C(=O)c1ccc(Cl)cc1.OCCCO. The number of likely N-dealkylation sites (tertiary alicyclic amines) is 1. The Hall–Kier alpha value is -12.3. The largest absolute Gasteiger partial charge is 0.497 e. The molecule has 0 bridgehead atoms. The van der Waals surface area contributed by atoms with E-state index in [9.17, 15) is 61.8 Å². The molecule has 0 radical (unpaired) electrons. The van der Waals surface area contributed by atoms with Gasteiger partial charge in [-0.3, -0.25) is 51.4 Å². The molecule has 3 aromatic heterocycles. The monoisotopic (exact) mass is 2020 g/mol. The second kappa shape index (κ2) is 50.8. The van der Waals surface area contributed by atoms with E-state index in [0.717, 1.165) is 39.1 Å². The lowest BCUT2D eigenvalue weighted by molar-refractivity contribution is -0.144. The van der Waals surface area contributed by atoms with Gasteiger partial charge in [0.1, 0.15) is 33.4 Å². The lowest BCUT2D eigenvalue weighted by Crippen LogP contribution is -2.41. The molecule has 1 amide bonds. The van der Waals surface area contributed by atoms with Crippen LogP contribution in [0.25, 0.3) is 38.3 Å². The number of aliphatic hydroxyl groups is 3. The molecule has 5 N–H and O–H groups in total. The van der Waals surface area contributed by atoms with Crippen molar-refractivity contribution in [3.05, 3.63) is 286 Å². The maximum absolute atomic E-state index is 13.5. The van der Waals surface area contributed by atoms with Gasteiger partial charge in [0.25, 0.3) is 27.8 Å². The van der Waals surface area contributed by atoms with E-state index in [2.05, 4.69) is 0 Å². The Balaban J connectivity index is 0.000000189. The first-order valence-electron chi connectivity index (χ1n) is 43.7. The number of carboxylic acids is 2. The number of hydrogen-bond acceptors (Lipinski definition) is 24. The number of carbonyl (C=O) groups is 9. The number of aromatic nitrogens is 3. The number of hydrogen-bond donors (Lipinski definition) is 5. The highest BCUT2D eigenvalue weighted by molar-refractivity contribution is 8.22. The summed E-state index contributed by atoms with van der Waals surface area (Å²) in [7, 11) is 2.34. The first kappa shape index (κ1) is 108. The zero-order valence-corrected chi connectivity index (χ0v) is 82.9. The van der Waals surface area contributed by atoms with Crippen LogP contribution in [-0.4, -0.2) is 209 Å². The van der Waals surface area contributed by atoms with Crippen molar-refractivity contribution in [3.63, 3.8) is 0 Å². The number of fused-ring (bicyclic) bond motifs is 4. The Morgan fingerprint density at radius 2 is 0.906 bits per heavy atom. The number of aliphatic hydroxyl groups excluding tert-OH is 3. The number of esters is 3. The van der Waals surface area contributed by atoms with Crippen molar-refractivity contribution >= 4 is 177 Å². The van der Waals surface area contributed by atoms with Crippen LogP contribution in [0.15, 0.2) is 193 Å². The highest BCUT2D eigenvalue weighted by Gasteiger charge is 2.38. The summed E-state index contributed by atoms with van der Waals surface area (Å²) in [6, 6.07) is 51.7. The van der Waals surface area contributed by atoms with Gasteiger partial charge in [-0.1, -0.05) is 88.1 Å². The maximum Gasteiger partial charge on any atom is 0.420 e. The standard InChI is InChI=1S/C30H30ClNO7S.C28H29ClN2O6S2.C22H22ClNO5.C19H16ClNO4.C3H8O2/c1-19-6-12-24(13-7-19)40(35,36)39-17-5-16-38-28(33)18-25-21(3)32(30(34)22-8-10-23(31)11-9-22)26-14-15-27(37-4)20(2)29(25)26;1-17-21(16-25(32)37-13-4-14-39-28(38)30-12-3-5-24(30)27(34)35)22-15-20(36-2)10-11-23(22)31(17)26(33)18-6-8-19(29)9-7-18;1-14-18(13-21(26)29-11-3-10-25)19-12-17(28-2)8-9-20(19)24(14)22(27)15-4-6-16(23)7-5-15;1-11-15(10-18(22)23)16-9-14(25-2)7-8-17(16)21(11)19(24)12-3-5-13(20)6-4-12;4-2-1-3-5/h6-15H,5,16-18H2,1-4H3;6-11,15,17,24H,3-5,12-14,16H2,1-2H3;4-9,12,25H,3,10-11,13H2,1-2H3;3-9H,10H2,1-2H3,(H,22,23);4-5H,1-3H2/p+1. The van der Waals surface area contributed by atoms with Gasteiger partial charge < -0.3 is 63.6 Å². The van der Waals surface area contributed by atoms with Gasteiger partial charge in [-0.2, -0.15) is 8.42 Å². The molecule has 2 atom stereocenters. The van der Waals surface area contributed by atoms with E-state index in [1.807, 2.05) is 39.0 Å². The van der Waals surface area contributed by atoms with E-state index >= 15 is 0 Å². The van der Waals surface area contributed by atoms with E-state index in [-0.39, 0.29) is 119 Å². The number of aliphatic carboxylic acids is 2.